The van der Waals surface area contributed by atoms with Crippen molar-refractivity contribution in [1.29, 1.82) is 0 Å². The Morgan fingerprint density at radius 1 is 1.00 bits per heavy atom. The second kappa shape index (κ2) is 8.68. The number of nitrogens with one attached hydrogen (secondary N) is 1. The second-order valence-electron chi connectivity index (χ2n) is 6.99. The molecule has 0 bridgehead atoms. The summed E-state index contributed by atoms with van der Waals surface area (Å²) in [5.41, 5.74) is 4.94. The average Bonchev–Trinajstić information content (AvgIpc) is 2.60. The Bertz CT molecular complexity index is 664. The molecule has 2 nitrogen and oxygen atoms in total. The van der Waals surface area contributed by atoms with Crippen LogP contribution in [0.5, 0.6) is 0 Å². The quantitative estimate of drug-likeness (QED) is 0.719. The van der Waals surface area contributed by atoms with Crippen LogP contribution >= 0.6 is 0 Å². The molecule has 2 aromatic rings. The Morgan fingerprint density at radius 3 is 2.33 bits per heavy atom. The maximum absolute atomic E-state index is 11.7. The lowest BCUT2D eigenvalue weighted by atomic mass is 9.96. The second-order valence-corrected chi connectivity index (χ2v) is 6.99. The molecule has 24 heavy (non-hydrogen) atoms. The van der Waals surface area contributed by atoms with Crippen LogP contribution in [-0.4, -0.2) is 5.91 Å². The lowest BCUT2D eigenvalue weighted by molar-refractivity contribution is -0.124. The van der Waals surface area contributed by atoms with Gasteiger partial charge < -0.3 is 5.32 Å². The molecule has 0 aliphatic carbocycles. The van der Waals surface area contributed by atoms with Gasteiger partial charge in [-0.3, -0.25) is 4.79 Å². The molecule has 0 spiro atoms. The van der Waals surface area contributed by atoms with Gasteiger partial charge in [0.25, 0.3) is 0 Å². The molecule has 2 heteroatoms. The number of benzene rings is 2. The van der Waals surface area contributed by atoms with Gasteiger partial charge in [-0.2, -0.15) is 0 Å². The molecule has 130 valence electrons. The highest BCUT2D eigenvalue weighted by Crippen LogP contribution is 2.22. The zero-order valence-corrected chi connectivity index (χ0v) is 15.3. The number of carbonyl (C=O) groups is 1. The minimum atomic E-state index is 0. The summed E-state index contributed by atoms with van der Waals surface area (Å²) in [6.45, 7) is 8.93. The van der Waals surface area contributed by atoms with Crippen molar-refractivity contribution in [2.45, 2.75) is 47.1 Å². The van der Waals surface area contributed by atoms with Crippen LogP contribution in [0.1, 0.15) is 46.7 Å². The predicted molar refractivity (Wildman–Crippen MR) is 104 cm³/mol. The van der Waals surface area contributed by atoms with Crippen molar-refractivity contribution in [3.63, 3.8) is 0 Å². The third-order valence-corrected chi connectivity index (χ3v) is 4.49. The molecule has 0 saturated carbocycles. The Hall–Kier alpha value is -2.09. The monoisotopic (exact) mass is 325 g/mol. The number of hydrogen-bond donors (Lipinski definition) is 1. The van der Waals surface area contributed by atoms with Crippen LogP contribution in [-0.2, 0) is 17.8 Å². The van der Waals surface area contributed by atoms with Crippen molar-refractivity contribution in [3.8, 4) is 11.1 Å². The predicted octanol–water partition coefficient (Wildman–Crippen LogP) is 5.46. The van der Waals surface area contributed by atoms with E-state index >= 15 is 0 Å². The first-order valence-corrected chi connectivity index (χ1v) is 8.95. The zero-order chi connectivity index (χ0) is 17.5. The van der Waals surface area contributed by atoms with Gasteiger partial charge in [-0.15, -0.1) is 0 Å². The first kappa shape index (κ1) is 18.3. The Morgan fingerprint density at radius 2 is 1.71 bits per heavy atom. The Balaban J connectivity index is 0.00000312. The van der Waals surface area contributed by atoms with Crippen LogP contribution in [0.25, 0.3) is 11.1 Å². The molecule has 0 aliphatic heterocycles. The number of hydrogen-bond acceptors (Lipinski definition) is 1. The SMILES string of the molecule is CCC(C)Cc1ccc(-c2cccc(CNC(=O)C(C)C)c2)cc1.[HH]. The molecule has 1 N–H and O–H groups in total. The van der Waals surface area contributed by atoms with Gasteiger partial charge in [-0.25, -0.2) is 0 Å². The van der Waals surface area contributed by atoms with E-state index in [2.05, 4.69) is 67.7 Å². The van der Waals surface area contributed by atoms with E-state index in [1.165, 1.54) is 23.1 Å². The van der Waals surface area contributed by atoms with Crippen LogP contribution in [0, 0.1) is 11.8 Å². The molecule has 0 fully saturated rings. The van der Waals surface area contributed by atoms with Gasteiger partial charge in [-0.05, 0) is 40.7 Å². The summed E-state index contributed by atoms with van der Waals surface area (Å²) in [6, 6.07) is 17.2. The maximum Gasteiger partial charge on any atom is 0.222 e. The molecule has 0 aliphatic rings. The van der Waals surface area contributed by atoms with Crippen molar-refractivity contribution in [3.05, 3.63) is 59.7 Å². The molecule has 0 aromatic heterocycles. The molecule has 1 unspecified atom stereocenters. The maximum atomic E-state index is 11.7. The van der Waals surface area contributed by atoms with Gasteiger partial charge in [0.15, 0.2) is 0 Å². The fourth-order valence-electron chi connectivity index (χ4n) is 2.63. The highest BCUT2D eigenvalue weighted by atomic mass is 16.1. The van der Waals surface area contributed by atoms with Crippen molar-refractivity contribution in [2.75, 3.05) is 0 Å². The van der Waals surface area contributed by atoms with Crippen molar-refractivity contribution in [2.24, 2.45) is 11.8 Å². The minimum Gasteiger partial charge on any atom is -0.352 e. The summed E-state index contributed by atoms with van der Waals surface area (Å²) in [5, 5.41) is 2.98. The van der Waals surface area contributed by atoms with E-state index in [9.17, 15) is 4.79 Å². The topological polar surface area (TPSA) is 29.1 Å². The summed E-state index contributed by atoms with van der Waals surface area (Å²) in [5.74, 6) is 0.838. The van der Waals surface area contributed by atoms with Crippen LogP contribution in [0.4, 0.5) is 0 Å². The molecule has 2 rings (SSSR count). The first-order valence-electron chi connectivity index (χ1n) is 8.95. The summed E-state index contributed by atoms with van der Waals surface area (Å²) >= 11 is 0. The van der Waals surface area contributed by atoms with Crippen LogP contribution in [0.2, 0.25) is 0 Å². The van der Waals surface area contributed by atoms with Crippen LogP contribution in [0.3, 0.4) is 0 Å². The van der Waals surface area contributed by atoms with Crippen LogP contribution < -0.4 is 5.32 Å². The fourth-order valence-corrected chi connectivity index (χ4v) is 2.63. The molecular weight excluding hydrogens is 294 g/mol. The fraction of sp³-hybridized carbons (Fsp3) is 0.409. The van der Waals surface area contributed by atoms with E-state index in [0.717, 1.165) is 17.9 Å². The van der Waals surface area contributed by atoms with Crippen molar-refractivity contribution >= 4 is 5.91 Å². The Labute approximate surface area is 147 Å². The first-order chi connectivity index (χ1) is 11.5. The number of carbonyl (C=O) groups excluding carboxylic acids is 1. The van der Waals surface area contributed by atoms with Gasteiger partial charge in [0.2, 0.25) is 5.91 Å². The normalized spacial score (nSPS) is 12.2. The van der Waals surface area contributed by atoms with Gasteiger partial charge in [0, 0.05) is 13.9 Å². The molecule has 1 atom stereocenters. The highest BCUT2D eigenvalue weighted by molar-refractivity contribution is 5.77. The van der Waals surface area contributed by atoms with Gasteiger partial charge in [0.05, 0.1) is 0 Å². The van der Waals surface area contributed by atoms with E-state index in [1.807, 2.05) is 13.8 Å². The third kappa shape index (κ3) is 5.23. The van der Waals surface area contributed by atoms with E-state index in [1.54, 1.807) is 0 Å². The van der Waals surface area contributed by atoms with Crippen molar-refractivity contribution in [1.82, 2.24) is 5.32 Å². The summed E-state index contributed by atoms with van der Waals surface area (Å²) in [4.78, 5) is 11.7. The van der Waals surface area contributed by atoms with E-state index in [0.29, 0.717) is 6.54 Å². The minimum absolute atomic E-state index is 0. The highest BCUT2D eigenvalue weighted by Gasteiger charge is 2.07. The lowest BCUT2D eigenvalue weighted by Crippen LogP contribution is -2.27. The van der Waals surface area contributed by atoms with Gasteiger partial charge >= 0.3 is 0 Å². The summed E-state index contributed by atoms with van der Waals surface area (Å²) in [6.07, 6.45) is 2.35. The third-order valence-electron chi connectivity index (χ3n) is 4.49. The number of rotatable bonds is 7. The average molecular weight is 325 g/mol. The van der Waals surface area contributed by atoms with Gasteiger partial charge in [0.1, 0.15) is 0 Å². The smallest absolute Gasteiger partial charge is 0.222 e. The number of amides is 1. The molecule has 1 amide bonds. The molecule has 2 aromatic carbocycles. The lowest BCUT2D eigenvalue weighted by Gasteiger charge is -2.11. The van der Waals surface area contributed by atoms with Crippen LogP contribution in [0.15, 0.2) is 48.5 Å². The Kier molecular flexibility index (Phi) is 6.60. The van der Waals surface area contributed by atoms with Crippen molar-refractivity contribution < 1.29 is 6.22 Å². The summed E-state index contributed by atoms with van der Waals surface area (Å²) in [7, 11) is 0. The summed E-state index contributed by atoms with van der Waals surface area (Å²) < 4.78 is 0. The molecular formula is C22H31NO. The standard InChI is InChI=1S/C22H29NO.H2/c1-5-17(4)13-18-9-11-20(12-10-18)21-8-6-7-19(14-21)15-23-22(24)16(2)3;/h6-12,14,16-17H,5,13,15H2,1-4H3,(H,23,24);1H. The van der Waals surface area contributed by atoms with E-state index in [4.69, 9.17) is 0 Å². The van der Waals surface area contributed by atoms with E-state index in [-0.39, 0.29) is 13.3 Å². The molecule has 0 heterocycles. The zero-order valence-electron chi connectivity index (χ0n) is 15.3. The molecule has 0 radical (unpaired) electrons. The van der Waals surface area contributed by atoms with E-state index < -0.39 is 0 Å². The molecule has 0 saturated heterocycles. The largest absolute Gasteiger partial charge is 0.352 e. The van der Waals surface area contributed by atoms with Gasteiger partial charge in [-0.1, -0.05) is 76.6 Å².